The number of hydrogen-bond acceptors (Lipinski definition) is 7. The SMILES string of the molecule is CCCC(CCC)N(C(=O)CN1C[C@H](c2ccc3c(c2)OCO3)[C@@H](C(=O)O)[C@@H]1CCn1c(O)ccc1O)c1ccc(F)c(C)c1. The van der Waals surface area contributed by atoms with Crippen molar-refractivity contribution < 1.29 is 38.8 Å². The predicted octanol–water partition coefficient (Wildman–Crippen LogP) is 5.64. The van der Waals surface area contributed by atoms with Crippen LogP contribution in [-0.4, -0.2) is 68.6 Å². The first-order valence-corrected chi connectivity index (χ1v) is 15.6. The van der Waals surface area contributed by atoms with Crippen molar-refractivity contribution in [3.05, 3.63) is 65.5 Å². The quantitative estimate of drug-likeness (QED) is 0.224. The van der Waals surface area contributed by atoms with E-state index in [1.54, 1.807) is 36.1 Å². The number of ether oxygens (including phenoxy) is 2. The first-order chi connectivity index (χ1) is 21.6. The highest BCUT2D eigenvalue weighted by Gasteiger charge is 2.47. The molecule has 5 rings (SSSR count). The summed E-state index contributed by atoms with van der Waals surface area (Å²) in [6.07, 6.45) is 3.51. The van der Waals surface area contributed by atoms with Crippen molar-refractivity contribution in [2.45, 2.75) is 77.4 Å². The molecule has 2 aromatic carbocycles. The number of likely N-dealkylation sites (tertiary alicyclic amines) is 1. The summed E-state index contributed by atoms with van der Waals surface area (Å²) in [4.78, 5) is 31.0. The van der Waals surface area contributed by atoms with Crippen molar-refractivity contribution in [2.75, 3.05) is 24.8 Å². The van der Waals surface area contributed by atoms with Crippen LogP contribution in [0.1, 0.15) is 63.0 Å². The minimum atomic E-state index is -1.00. The second-order valence-electron chi connectivity index (χ2n) is 12.0. The number of aromatic nitrogens is 1. The zero-order chi connectivity index (χ0) is 32.2. The first-order valence-electron chi connectivity index (χ1n) is 15.6. The van der Waals surface area contributed by atoms with Gasteiger partial charge in [0.25, 0.3) is 0 Å². The van der Waals surface area contributed by atoms with Gasteiger partial charge in [0, 0.05) is 48.9 Å². The van der Waals surface area contributed by atoms with Crippen LogP contribution in [0.5, 0.6) is 23.3 Å². The number of aliphatic carboxylic acids is 1. The third kappa shape index (κ3) is 6.73. The van der Waals surface area contributed by atoms with Gasteiger partial charge in [-0.3, -0.25) is 19.1 Å². The van der Waals surface area contributed by atoms with E-state index >= 15 is 0 Å². The van der Waals surface area contributed by atoms with Gasteiger partial charge in [-0.2, -0.15) is 0 Å². The van der Waals surface area contributed by atoms with E-state index in [2.05, 4.69) is 13.8 Å². The van der Waals surface area contributed by atoms with E-state index in [0.717, 1.165) is 31.2 Å². The number of carbonyl (C=O) groups is 2. The summed E-state index contributed by atoms with van der Waals surface area (Å²) in [5, 5.41) is 31.1. The molecule has 10 nitrogen and oxygen atoms in total. The highest BCUT2D eigenvalue weighted by atomic mass is 19.1. The van der Waals surface area contributed by atoms with Gasteiger partial charge in [-0.1, -0.05) is 32.8 Å². The van der Waals surface area contributed by atoms with Crippen LogP contribution >= 0.6 is 0 Å². The smallest absolute Gasteiger partial charge is 0.308 e. The molecular weight excluding hydrogens is 581 g/mol. The highest BCUT2D eigenvalue weighted by molar-refractivity contribution is 5.95. The van der Waals surface area contributed by atoms with Crippen LogP contribution in [0.25, 0.3) is 0 Å². The minimum Gasteiger partial charge on any atom is -0.494 e. The van der Waals surface area contributed by atoms with Gasteiger partial charge in [0.05, 0.1) is 12.5 Å². The summed E-state index contributed by atoms with van der Waals surface area (Å²) in [5.41, 5.74) is 1.82. The highest BCUT2D eigenvalue weighted by Crippen LogP contribution is 2.43. The third-order valence-corrected chi connectivity index (χ3v) is 9.08. The van der Waals surface area contributed by atoms with Crippen LogP contribution in [0.2, 0.25) is 0 Å². The first kappa shape index (κ1) is 32.2. The Balaban J connectivity index is 1.50. The number of nitrogens with zero attached hydrogens (tertiary/aromatic N) is 3. The number of anilines is 1. The largest absolute Gasteiger partial charge is 0.494 e. The topological polar surface area (TPSA) is 125 Å². The number of carboxylic acid groups (broad SMARTS) is 1. The van der Waals surface area contributed by atoms with Gasteiger partial charge in [-0.15, -0.1) is 0 Å². The van der Waals surface area contributed by atoms with E-state index < -0.39 is 23.8 Å². The Labute approximate surface area is 262 Å². The molecule has 1 saturated heterocycles. The van der Waals surface area contributed by atoms with Crippen molar-refractivity contribution in [1.82, 2.24) is 9.47 Å². The normalized spacial score (nSPS) is 19.4. The lowest BCUT2D eigenvalue weighted by molar-refractivity contribution is -0.143. The molecule has 3 aromatic rings. The molecule has 0 spiro atoms. The molecule has 0 unspecified atom stereocenters. The summed E-state index contributed by atoms with van der Waals surface area (Å²) in [7, 11) is 0. The van der Waals surface area contributed by atoms with E-state index in [0.29, 0.717) is 29.3 Å². The van der Waals surface area contributed by atoms with Crippen molar-refractivity contribution in [3.8, 4) is 23.3 Å². The second kappa shape index (κ2) is 13.8. The maximum Gasteiger partial charge on any atom is 0.308 e. The molecule has 1 fully saturated rings. The average Bonchev–Trinajstić information content (AvgIpc) is 3.71. The molecule has 45 heavy (non-hydrogen) atoms. The zero-order valence-corrected chi connectivity index (χ0v) is 26.0. The number of benzene rings is 2. The molecule has 0 saturated carbocycles. The molecule has 1 amide bonds. The Bertz CT molecular complexity index is 1500. The molecule has 1 aromatic heterocycles. The number of rotatable bonds is 13. The zero-order valence-electron chi connectivity index (χ0n) is 26.0. The Kier molecular flexibility index (Phi) is 9.86. The van der Waals surface area contributed by atoms with Crippen molar-refractivity contribution >= 4 is 17.6 Å². The van der Waals surface area contributed by atoms with Crippen LogP contribution in [0, 0.1) is 18.7 Å². The molecule has 0 radical (unpaired) electrons. The number of halogens is 1. The van der Waals surface area contributed by atoms with E-state index in [1.165, 1.54) is 22.8 Å². The summed E-state index contributed by atoms with van der Waals surface area (Å²) < 4.78 is 26.6. The molecule has 0 aliphatic carbocycles. The van der Waals surface area contributed by atoms with Crippen molar-refractivity contribution in [3.63, 3.8) is 0 Å². The van der Waals surface area contributed by atoms with Gasteiger partial charge in [0.1, 0.15) is 5.82 Å². The van der Waals surface area contributed by atoms with Gasteiger partial charge in [0.15, 0.2) is 23.3 Å². The maximum absolute atomic E-state index is 14.4. The number of aromatic hydroxyl groups is 2. The molecule has 2 aliphatic heterocycles. The second-order valence-corrected chi connectivity index (χ2v) is 12.0. The van der Waals surface area contributed by atoms with Crippen LogP contribution in [-0.2, 0) is 16.1 Å². The van der Waals surface area contributed by atoms with E-state index in [4.69, 9.17) is 9.47 Å². The Morgan fingerprint density at radius 1 is 1.00 bits per heavy atom. The average molecular weight is 624 g/mol. The van der Waals surface area contributed by atoms with Gasteiger partial charge >= 0.3 is 5.97 Å². The Morgan fingerprint density at radius 3 is 2.33 bits per heavy atom. The monoisotopic (exact) mass is 623 g/mol. The maximum atomic E-state index is 14.4. The van der Waals surface area contributed by atoms with Gasteiger partial charge < -0.3 is 29.7 Å². The molecule has 3 N–H and O–H groups in total. The Morgan fingerprint density at radius 2 is 1.69 bits per heavy atom. The number of carbonyl (C=O) groups excluding carboxylic acids is 1. The number of fused-ring (bicyclic) bond motifs is 1. The Hall–Kier alpha value is -4.25. The predicted molar refractivity (Wildman–Crippen MR) is 166 cm³/mol. The number of amides is 1. The molecular formula is C34H42FN3O7. The fourth-order valence-corrected chi connectivity index (χ4v) is 6.93. The minimum absolute atomic E-state index is 0.0561. The number of aryl methyl sites for hydroxylation is 1. The molecule has 3 atom stereocenters. The molecule has 3 heterocycles. The summed E-state index contributed by atoms with van der Waals surface area (Å²) in [6, 6.07) is 12.2. The van der Waals surface area contributed by atoms with Gasteiger partial charge in [0.2, 0.25) is 12.7 Å². The number of carboxylic acids is 1. The van der Waals surface area contributed by atoms with Crippen LogP contribution < -0.4 is 14.4 Å². The van der Waals surface area contributed by atoms with E-state index in [9.17, 15) is 29.3 Å². The molecule has 11 heteroatoms. The van der Waals surface area contributed by atoms with Crippen LogP contribution in [0.4, 0.5) is 10.1 Å². The lowest BCUT2D eigenvalue weighted by atomic mass is 9.84. The molecule has 2 aliphatic rings. The van der Waals surface area contributed by atoms with Crippen LogP contribution in [0.3, 0.4) is 0 Å². The molecule has 0 bridgehead atoms. The summed E-state index contributed by atoms with van der Waals surface area (Å²) in [6.45, 7) is 6.28. The van der Waals surface area contributed by atoms with Crippen molar-refractivity contribution in [2.24, 2.45) is 5.92 Å². The summed E-state index contributed by atoms with van der Waals surface area (Å²) in [5.74, 6) is -2.02. The fourth-order valence-electron chi connectivity index (χ4n) is 6.93. The van der Waals surface area contributed by atoms with Crippen LogP contribution in [0.15, 0.2) is 48.5 Å². The van der Waals surface area contributed by atoms with E-state index in [-0.39, 0.29) is 55.8 Å². The standard InChI is InChI=1S/C34H42FN3O7/c1-4-6-23(7-5-2)38(24-9-10-26(35)21(3)16-24)32(41)19-36-18-25(22-8-11-28-29(17-22)45-20-44-28)33(34(42)43)27(36)14-15-37-30(39)12-13-31(37)40/h8-13,16-17,23,25,27,33,39-40H,4-7,14-15,18-20H2,1-3H3,(H,42,43)/t25-,27+,33-/m1/s1. The number of hydrogen-bond donors (Lipinski definition) is 3. The summed E-state index contributed by atoms with van der Waals surface area (Å²) >= 11 is 0. The van der Waals surface area contributed by atoms with Gasteiger partial charge in [-0.25, -0.2) is 4.39 Å². The lowest BCUT2D eigenvalue weighted by Crippen LogP contribution is -2.48. The van der Waals surface area contributed by atoms with E-state index in [1.807, 2.05) is 11.0 Å². The fraction of sp³-hybridized carbons (Fsp3) is 0.471. The lowest BCUT2D eigenvalue weighted by Gasteiger charge is -2.35. The molecule has 242 valence electrons. The van der Waals surface area contributed by atoms with Gasteiger partial charge in [-0.05, 0) is 67.6 Å². The van der Waals surface area contributed by atoms with Crippen molar-refractivity contribution in [1.29, 1.82) is 0 Å². The third-order valence-electron chi connectivity index (χ3n) is 9.08.